The van der Waals surface area contributed by atoms with Crippen molar-refractivity contribution in [1.29, 1.82) is 0 Å². The van der Waals surface area contributed by atoms with E-state index in [0.29, 0.717) is 24.7 Å². The summed E-state index contributed by atoms with van der Waals surface area (Å²) in [6.45, 7) is 1.17. The Morgan fingerprint density at radius 3 is 2.87 bits per heavy atom. The van der Waals surface area contributed by atoms with Gasteiger partial charge in [0.25, 0.3) is 5.91 Å². The highest BCUT2D eigenvalue weighted by atomic mass is 16.5. The molecule has 0 aromatic carbocycles. The summed E-state index contributed by atoms with van der Waals surface area (Å²) in [4.78, 5) is 16.4. The van der Waals surface area contributed by atoms with Crippen LogP contribution in [-0.4, -0.2) is 46.8 Å². The fourth-order valence-corrected chi connectivity index (χ4v) is 2.82. The zero-order valence-corrected chi connectivity index (χ0v) is 13.3. The summed E-state index contributed by atoms with van der Waals surface area (Å²) in [7, 11) is 3.86. The number of fused-ring (bicyclic) bond motifs is 1. The topological polar surface area (TPSA) is 75.4 Å². The lowest BCUT2D eigenvalue weighted by molar-refractivity contribution is 0.0722. The molecule has 2 aromatic rings. The number of aromatic nitrogens is 3. The first kappa shape index (κ1) is 14.2. The van der Waals surface area contributed by atoms with E-state index in [2.05, 4.69) is 15.4 Å². The van der Waals surface area contributed by atoms with E-state index in [4.69, 9.17) is 4.52 Å². The van der Waals surface area contributed by atoms with E-state index in [0.717, 1.165) is 42.1 Å². The predicted molar refractivity (Wildman–Crippen MR) is 83.3 cm³/mol. The summed E-state index contributed by atoms with van der Waals surface area (Å²) in [5, 5.41) is 12.4. The van der Waals surface area contributed by atoms with Gasteiger partial charge in [-0.1, -0.05) is 5.16 Å². The van der Waals surface area contributed by atoms with Crippen molar-refractivity contribution in [3.63, 3.8) is 0 Å². The molecule has 0 atom stereocenters. The molecule has 23 heavy (non-hydrogen) atoms. The van der Waals surface area contributed by atoms with Gasteiger partial charge in [0.05, 0.1) is 5.69 Å². The fraction of sp³-hybridized carbons (Fsp3) is 0.500. The molecule has 1 aliphatic carbocycles. The van der Waals surface area contributed by atoms with Gasteiger partial charge in [-0.05, 0) is 24.5 Å². The first-order valence-electron chi connectivity index (χ1n) is 7.90. The van der Waals surface area contributed by atoms with Gasteiger partial charge in [-0.15, -0.1) is 5.10 Å². The molecule has 120 valence electrons. The van der Waals surface area contributed by atoms with Crippen molar-refractivity contribution in [2.24, 2.45) is 0 Å². The Morgan fingerprint density at radius 2 is 2.13 bits per heavy atom. The lowest BCUT2D eigenvalue weighted by Gasteiger charge is -2.27. The Balaban J connectivity index is 1.54. The predicted octanol–water partition coefficient (Wildman–Crippen LogP) is 1.61. The van der Waals surface area contributed by atoms with Crippen LogP contribution in [0.4, 0.5) is 5.82 Å². The van der Waals surface area contributed by atoms with Gasteiger partial charge in [0.15, 0.2) is 11.5 Å². The van der Waals surface area contributed by atoms with Crippen LogP contribution in [0, 0.1) is 0 Å². The number of rotatable bonds is 3. The summed E-state index contributed by atoms with van der Waals surface area (Å²) in [5.74, 6) is 2.03. The molecule has 4 rings (SSSR count). The third-order valence-corrected chi connectivity index (χ3v) is 4.40. The standard InChI is InChI=1S/C16H19N5O2/c1-20(2)15-7-11-9-21(6-5-12(11)17-18-15)16(22)13-8-14(23-19-13)10-3-4-10/h7-8,10H,3-6,9H2,1-2H3. The van der Waals surface area contributed by atoms with E-state index in [1.807, 2.05) is 25.1 Å². The number of amides is 1. The maximum atomic E-state index is 12.6. The minimum atomic E-state index is -0.0745. The second-order valence-corrected chi connectivity index (χ2v) is 6.43. The van der Waals surface area contributed by atoms with Gasteiger partial charge < -0.3 is 14.3 Å². The summed E-state index contributed by atoms with van der Waals surface area (Å²) in [5.41, 5.74) is 2.43. The number of nitrogens with zero attached hydrogens (tertiary/aromatic N) is 5. The summed E-state index contributed by atoms with van der Waals surface area (Å²) < 4.78 is 5.29. The first-order valence-corrected chi connectivity index (χ1v) is 7.90. The Kier molecular flexibility index (Phi) is 3.28. The molecule has 0 bridgehead atoms. The van der Waals surface area contributed by atoms with Crippen LogP contribution >= 0.6 is 0 Å². The van der Waals surface area contributed by atoms with Gasteiger partial charge >= 0.3 is 0 Å². The Labute approximate surface area is 134 Å². The molecule has 7 nitrogen and oxygen atoms in total. The Bertz CT molecular complexity index is 751. The molecule has 1 saturated carbocycles. The smallest absolute Gasteiger partial charge is 0.276 e. The molecule has 7 heteroatoms. The van der Waals surface area contributed by atoms with Crippen molar-refractivity contribution >= 4 is 11.7 Å². The molecule has 0 saturated heterocycles. The molecular formula is C16H19N5O2. The molecule has 0 N–H and O–H groups in total. The molecule has 3 heterocycles. The Morgan fingerprint density at radius 1 is 1.30 bits per heavy atom. The molecule has 2 aliphatic rings. The summed E-state index contributed by atoms with van der Waals surface area (Å²) >= 11 is 0. The van der Waals surface area contributed by atoms with Crippen LogP contribution in [0.15, 0.2) is 16.7 Å². The van der Waals surface area contributed by atoms with Gasteiger partial charge in [0, 0.05) is 45.6 Å². The summed E-state index contributed by atoms with van der Waals surface area (Å²) in [6.07, 6.45) is 2.98. The van der Waals surface area contributed by atoms with E-state index in [1.165, 1.54) is 0 Å². The number of carbonyl (C=O) groups excluding carboxylic acids is 1. The molecule has 0 spiro atoms. The molecule has 1 aliphatic heterocycles. The molecule has 2 aromatic heterocycles. The normalized spacial score (nSPS) is 17.0. The second kappa shape index (κ2) is 5.33. The van der Waals surface area contributed by atoms with Crippen molar-refractivity contribution in [2.75, 3.05) is 25.5 Å². The van der Waals surface area contributed by atoms with Crippen molar-refractivity contribution < 1.29 is 9.32 Å². The van der Waals surface area contributed by atoms with Crippen molar-refractivity contribution in [3.8, 4) is 0 Å². The van der Waals surface area contributed by atoms with E-state index in [-0.39, 0.29) is 5.91 Å². The van der Waals surface area contributed by atoms with Crippen LogP contribution in [0.3, 0.4) is 0 Å². The fourth-order valence-electron chi connectivity index (χ4n) is 2.82. The quantitative estimate of drug-likeness (QED) is 0.857. The van der Waals surface area contributed by atoms with Crippen LogP contribution in [0.1, 0.15) is 46.3 Å². The zero-order valence-electron chi connectivity index (χ0n) is 13.3. The van der Waals surface area contributed by atoms with E-state index >= 15 is 0 Å². The third-order valence-electron chi connectivity index (χ3n) is 4.40. The number of hydrogen-bond acceptors (Lipinski definition) is 6. The van der Waals surface area contributed by atoms with Crippen molar-refractivity contribution in [2.45, 2.75) is 31.7 Å². The van der Waals surface area contributed by atoms with Crippen LogP contribution in [-0.2, 0) is 13.0 Å². The SMILES string of the molecule is CN(C)c1cc2c(nn1)CCN(C(=O)c1cc(C3CC3)on1)C2. The molecule has 0 unspecified atom stereocenters. The Hall–Kier alpha value is -2.44. The van der Waals surface area contributed by atoms with E-state index in [1.54, 1.807) is 11.0 Å². The highest BCUT2D eigenvalue weighted by Crippen LogP contribution is 2.40. The van der Waals surface area contributed by atoms with Gasteiger partial charge in [-0.25, -0.2) is 0 Å². The van der Waals surface area contributed by atoms with E-state index in [9.17, 15) is 4.79 Å². The molecule has 0 radical (unpaired) electrons. The summed E-state index contributed by atoms with van der Waals surface area (Å²) in [6, 6.07) is 3.80. The molecule has 1 fully saturated rings. The van der Waals surface area contributed by atoms with Crippen molar-refractivity contribution in [1.82, 2.24) is 20.3 Å². The minimum Gasteiger partial charge on any atom is -0.361 e. The number of anilines is 1. The lowest BCUT2D eigenvalue weighted by atomic mass is 10.1. The zero-order chi connectivity index (χ0) is 16.0. The van der Waals surface area contributed by atoms with Crippen LogP contribution in [0.25, 0.3) is 0 Å². The highest BCUT2D eigenvalue weighted by Gasteiger charge is 2.31. The van der Waals surface area contributed by atoms with Gasteiger partial charge in [-0.3, -0.25) is 4.79 Å². The maximum Gasteiger partial charge on any atom is 0.276 e. The molecular weight excluding hydrogens is 294 g/mol. The third kappa shape index (κ3) is 2.67. The average Bonchev–Trinajstić information content (AvgIpc) is 3.30. The van der Waals surface area contributed by atoms with Gasteiger partial charge in [0.1, 0.15) is 5.76 Å². The van der Waals surface area contributed by atoms with Gasteiger partial charge in [0.2, 0.25) is 0 Å². The monoisotopic (exact) mass is 313 g/mol. The minimum absolute atomic E-state index is 0.0745. The number of carbonyl (C=O) groups is 1. The largest absolute Gasteiger partial charge is 0.361 e. The molecule has 1 amide bonds. The lowest BCUT2D eigenvalue weighted by Crippen LogP contribution is -2.36. The van der Waals surface area contributed by atoms with E-state index < -0.39 is 0 Å². The van der Waals surface area contributed by atoms with Crippen molar-refractivity contribution in [3.05, 3.63) is 34.8 Å². The van der Waals surface area contributed by atoms with Crippen LogP contribution in [0.5, 0.6) is 0 Å². The highest BCUT2D eigenvalue weighted by molar-refractivity contribution is 5.92. The maximum absolute atomic E-state index is 12.6. The second-order valence-electron chi connectivity index (χ2n) is 6.43. The average molecular weight is 313 g/mol. The number of hydrogen-bond donors (Lipinski definition) is 0. The first-order chi connectivity index (χ1) is 11.1. The van der Waals surface area contributed by atoms with Crippen LogP contribution in [0.2, 0.25) is 0 Å². The van der Waals surface area contributed by atoms with Gasteiger partial charge in [-0.2, -0.15) is 5.10 Å². The van der Waals surface area contributed by atoms with Crippen LogP contribution < -0.4 is 4.90 Å².